The van der Waals surface area contributed by atoms with Gasteiger partial charge in [-0.3, -0.25) is 4.79 Å². The van der Waals surface area contributed by atoms with Gasteiger partial charge in [0.25, 0.3) is 0 Å². The van der Waals surface area contributed by atoms with E-state index in [1.165, 1.54) is 13.0 Å². The van der Waals surface area contributed by atoms with Crippen molar-refractivity contribution >= 4 is 5.91 Å². The number of hydrogen-bond acceptors (Lipinski definition) is 4. The van der Waals surface area contributed by atoms with Gasteiger partial charge in [0.2, 0.25) is 5.91 Å². The number of methoxy groups -OCH3 is 1. The SMILES string of the molecule is CCCN1CCC(NCC(=O)NCCOC)CC1. The number of carbonyl (C=O) groups is 1. The van der Waals surface area contributed by atoms with Crippen molar-refractivity contribution in [2.45, 2.75) is 32.2 Å². The molecule has 1 amide bonds. The van der Waals surface area contributed by atoms with E-state index in [0.29, 0.717) is 25.7 Å². The second-order valence-corrected chi connectivity index (χ2v) is 4.84. The van der Waals surface area contributed by atoms with E-state index in [1.807, 2.05) is 0 Å². The molecule has 1 aliphatic rings. The van der Waals surface area contributed by atoms with Crippen LogP contribution >= 0.6 is 0 Å². The number of hydrogen-bond donors (Lipinski definition) is 2. The molecule has 0 unspecified atom stereocenters. The van der Waals surface area contributed by atoms with Gasteiger partial charge < -0.3 is 20.3 Å². The molecule has 0 aromatic heterocycles. The van der Waals surface area contributed by atoms with Gasteiger partial charge in [-0.1, -0.05) is 6.92 Å². The van der Waals surface area contributed by atoms with Crippen molar-refractivity contribution in [3.63, 3.8) is 0 Å². The van der Waals surface area contributed by atoms with E-state index >= 15 is 0 Å². The minimum atomic E-state index is 0.0584. The van der Waals surface area contributed by atoms with E-state index in [-0.39, 0.29) is 5.91 Å². The highest BCUT2D eigenvalue weighted by atomic mass is 16.5. The molecular weight excluding hydrogens is 230 g/mol. The van der Waals surface area contributed by atoms with Gasteiger partial charge in [-0.15, -0.1) is 0 Å². The fraction of sp³-hybridized carbons (Fsp3) is 0.923. The lowest BCUT2D eigenvalue weighted by Crippen LogP contribution is -2.46. The molecule has 0 saturated carbocycles. The summed E-state index contributed by atoms with van der Waals surface area (Å²) < 4.78 is 4.88. The Bertz CT molecular complexity index is 228. The predicted molar refractivity (Wildman–Crippen MR) is 72.6 cm³/mol. The smallest absolute Gasteiger partial charge is 0.234 e. The fourth-order valence-electron chi connectivity index (χ4n) is 2.27. The number of nitrogens with one attached hydrogen (secondary N) is 2. The normalized spacial score (nSPS) is 17.9. The van der Waals surface area contributed by atoms with Crippen molar-refractivity contribution in [3.8, 4) is 0 Å². The van der Waals surface area contributed by atoms with Crippen LogP contribution in [0.3, 0.4) is 0 Å². The van der Waals surface area contributed by atoms with Gasteiger partial charge in [0.15, 0.2) is 0 Å². The molecule has 1 fully saturated rings. The van der Waals surface area contributed by atoms with Gasteiger partial charge >= 0.3 is 0 Å². The Morgan fingerprint density at radius 2 is 2.11 bits per heavy atom. The second-order valence-electron chi connectivity index (χ2n) is 4.84. The summed E-state index contributed by atoms with van der Waals surface area (Å²) in [5.41, 5.74) is 0. The lowest BCUT2D eigenvalue weighted by Gasteiger charge is -2.32. The van der Waals surface area contributed by atoms with Crippen molar-refractivity contribution < 1.29 is 9.53 Å². The van der Waals surface area contributed by atoms with Gasteiger partial charge in [-0.05, 0) is 38.9 Å². The number of nitrogens with zero attached hydrogens (tertiary/aromatic N) is 1. The maximum Gasteiger partial charge on any atom is 0.234 e. The quantitative estimate of drug-likeness (QED) is 0.611. The van der Waals surface area contributed by atoms with Crippen LogP contribution in [0.2, 0.25) is 0 Å². The summed E-state index contributed by atoms with van der Waals surface area (Å²) in [6.07, 6.45) is 3.51. The number of carbonyl (C=O) groups excluding carboxylic acids is 1. The van der Waals surface area contributed by atoms with Crippen molar-refractivity contribution in [2.75, 3.05) is 46.4 Å². The van der Waals surface area contributed by atoms with Crippen molar-refractivity contribution in [3.05, 3.63) is 0 Å². The molecule has 2 N–H and O–H groups in total. The molecule has 1 heterocycles. The molecule has 1 aliphatic heterocycles. The van der Waals surface area contributed by atoms with Gasteiger partial charge in [-0.25, -0.2) is 0 Å². The average Bonchev–Trinajstić information content (AvgIpc) is 2.39. The van der Waals surface area contributed by atoms with Crippen molar-refractivity contribution in [2.24, 2.45) is 0 Å². The van der Waals surface area contributed by atoms with Crippen LogP contribution in [-0.4, -0.2) is 63.3 Å². The highest BCUT2D eigenvalue weighted by Crippen LogP contribution is 2.10. The minimum absolute atomic E-state index is 0.0584. The Hall–Kier alpha value is -0.650. The van der Waals surface area contributed by atoms with E-state index in [4.69, 9.17) is 4.74 Å². The number of likely N-dealkylation sites (tertiary alicyclic amines) is 1. The van der Waals surface area contributed by atoms with Gasteiger partial charge in [0.1, 0.15) is 0 Å². The van der Waals surface area contributed by atoms with Crippen LogP contribution in [0.5, 0.6) is 0 Å². The zero-order chi connectivity index (χ0) is 13.2. The third kappa shape index (κ3) is 6.33. The molecule has 5 nitrogen and oxygen atoms in total. The predicted octanol–water partition coefficient (Wildman–Crippen LogP) is 0.213. The molecule has 0 spiro atoms. The summed E-state index contributed by atoms with van der Waals surface area (Å²) in [4.78, 5) is 14.0. The highest BCUT2D eigenvalue weighted by Gasteiger charge is 2.18. The van der Waals surface area contributed by atoms with E-state index in [2.05, 4.69) is 22.5 Å². The zero-order valence-corrected chi connectivity index (χ0v) is 11.7. The summed E-state index contributed by atoms with van der Waals surface area (Å²) in [6.45, 7) is 7.29. The Balaban J connectivity index is 2.04. The first kappa shape index (κ1) is 15.4. The highest BCUT2D eigenvalue weighted by molar-refractivity contribution is 5.77. The van der Waals surface area contributed by atoms with E-state index < -0.39 is 0 Å². The van der Waals surface area contributed by atoms with Crippen LogP contribution in [0.15, 0.2) is 0 Å². The first-order chi connectivity index (χ1) is 8.76. The van der Waals surface area contributed by atoms with E-state index in [0.717, 1.165) is 25.9 Å². The molecule has 5 heteroatoms. The lowest BCUT2D eigenvalue weighted by atomic mass is 10.0. The van der Waals surface area contributed by atoms with Crippen molar-refractivity contribution in [1.29, 1.82) is 0 Å². The first-order valence-corrected chi connectivity index (χ1v) is 6.97. The minimum Gasteiger partial charge on any atom is -0.383 e. The monoisotopic (exact) mass is 257 g/mol. The Kier molecular flexibility index (Phi) is 7.96. The van der Waals surface area contributed by atoms with E-state index in [1.54, 1.807) is 7.11 Å². The van der Waals surface area contributed by atoms with Crippen LogP contribution in [-0.2, 0) is 9.53 Å². The number of piperidine rings is 1. The van der Waals surface area contributed by atoms with E-state index in [9.17, 15) is 4.79 Å². The molecule has 0 aromatic rings. The molecule has 0 radical (unpaired) electrons. The molecule has 18 heavy (non-hydrogen) atoms. The van der Waals surface area contributed by atoms with Gasteiger partial charge in [-0.2, -0.15) is 0 Å². The fourth-order valence-corrected chi connectivity index (χ4v) is 2.27. The standard InChI is InChI=1S/C13H27N3O2/c1-3-7-16-8-4-12(5-9-16)15-11-13(17)14-6-10-18-2/h12,15H,3-11H2,1-2H3,(H,14,17). The number of amides is 1. The molecule has 1 rings (SSSR count). The largest absolute Gasteiger partial charge is 0.383 e. The molecule has 0 atom stereocenters. The number of ether oxygens (including phenoxy) is 1. The summed E-state index contributed by atoms with van der Waals surface area (Å²) in [5, 5.41) is 6.15. The summed E-state index contributed by atoms with van der Waals surface area (Å²) in [7, 11) is 1.63. The topological polar surface area (TPSA) is 53.6 Å². The van der Waals surface area contributed by atoms with Gasteiger partial charge in [0, 0.05) is 19.7 Å². The maximum atomic E-state index is 11.5. The molecule has 0 aliphatic carbocycles. The zero-order valence-electron chi connectivity index (χ0n) is 11.7. The third-order valence-corrected chi connectivity index (χ3v) is 3.31. The van der Waals surface area contributed by atoms with Gasteiger partial charge in [0.05, 0.1) is 13.2 Å². The Labute approximate surface area is 110 Å². The summed E-state index contributed by atoms with van der Waals surface area (Å²) in [6, 6.07) is 0.492. The second kappa shape index (κ2) is 9.30. The number of rotatable bonds is 8. The molecule has 106 valence electrons. The Morgan fingerprint density at radius 1 is 1.39 bits per heavy atom. The molecular formula is C13H27N3O2. The van der Waals surface area contributed by atoms with Crippen molar-refractivity contribution in [1.82, 2.24) is 15.5 Å². The third-order valence-electron chi connectivity index (χ3n) is 3.31. The van der Waals surface area contributed by atoms with Crippen LogP contribution in [0.1, 0.15) is 26.2 Å². The van der Waals surface area contributed by atoms with Crippen LogP contribution in [0, 0.1) is 0 Å². The van der Waals surface area contributed by atoms with Crippen LogP contribution < -0.4 is 10.6 Å². The lowest BCUT2D eigenvalue weighted by molar-refractivity contribution is -0.120. The molecule has 1 saturated heterocycles. The summed E-state index contributed by atoms with van der Waals surface area (Å²) >= 11 is 0. The van der Waals surface area contributed by atoms with Crippen LogP contribution in [0.4, 0.5) is 0 Å². The summed E-state index contributed by atoms with van der Waals surface area (Å²) in [5.74, 6) is 0.0584. The first-order valence-electron chi connectivity index (χ1n) is 6.97. The average molecular weight is 257 g/mol. The maximum absolute atomic E-state index is 11.5. The molecule has 0 bridgehead atoms. The Morgan fingerprint density at radius 3 is 2.72 bits per heavy atom. The van der Waals surface area contributed by atoms with Crippen LogP contribution in [0.25, 0.3) is 0 Å². The molecule has 0 aromatic carbocycles.